The second-order valence-electron chi connectivity index (χ2n) is 10.4. The molecule has 2 heterocycles. The lowest BCUT2D eigenvalue weighted by molar-refractivity contribution is -0.633. The first-order valence-corrected chi connectivity index (χ1v) is 12.7. The average Bonchev–Trinajstić information content (AvgIpc) is 2.85. The Balaban J connectivity index is 1.52. The van der Waals surface area contributed by atoms with E-state index in [-0.39, 0.29) is 0 Å². The van der Waals surface area contributed by atoms with Crippen molar-refractivity contribution in [1.29, 1.82) is 0 Å². The lowest BCUT2D eigenvalue weighted by atomic mass is 9.66. The summed E-state index contributed by atoms with van der Waals surface area (Å²) in [7, 11) is 2.21. The maximum atomic E-state index is 6.58. The minimum absolute atomic E-state index is 0.563. The van der Waals surface area contributed by atoms with Gasteiger partial charge in [-0.25, -0.2) is 0 Å². The van der Waals surface area contributed by atoms with Crippen LogP contribution in [0.5, 0.6) is 11.5 Å². The summed E-state index contributed by atoms with van der Waals surface area (Å²) in [4.78, 5) is 0. The Morgan fingerprint density at radius 2 is 1.70 bits per heavy atom. The van der Waals surface area contributed by atoms with Crippen molar-refractivity contribution in [3.63, 3.8) is 0 Å². The molecule has 2 nitrogen and oxygen atoms in total. The number of hydrogen-bond acceptors (Lipinski definition) is 1. The molecule has 0 spiro atoms. The van der Waals surface area contributed by atoms with E-state index in [0.717, 1.165) is 11.5 Å². The van der Waals surface area contributed by atoms with Gasteiger partial charge in [0.15, 0.2) is 5.75 Å². The van der Waals surface area contributed by atoms with Gasteiger partial charge in [0.05, 0.1) is 10.9 Å². The molecule has 0 saturated heterocycles. The van der Waals surface area contributed by atoms with E-state index in [9.17, 15) is 0 Å². The summed E-state index contributed by atoms with van der Waals surface area (Å²) < 4.78 is 8.95. The topological polar surface area (TPSA) is 13.1 Å². The van der Waals surface area contributed by atoms with Gasteiger partial charge >= 0.3 is 0 Å². The first-order chi connectivity index (χ1) is 16.0. The van der Waals surface area contributed by atoms with Gasteiger partial charge in [-0.15, -0.1) is 0 Å². The maximum absolute atomic E-state index is 6.58. The molecule has 33 heavy (non-hydrogen) atoms. The van der Waals surface area contributed by atoms with Gasteiger partial charge in [0.2, 0.25) is 5.52 Å². The third kappa shape index (κ3) is 3.03. The van der Waals surface area contributed by atoms with Gasteiger partial charge < -0.3 is 4.74 Å². The van der Waals surface area contributed by atoms with Crippen LogP contribution in [-0.2, 0) is 7.05 Å². The molecule has 6 rings (SSSR count). The summed E-state index contributed by atoms with van der Waals surface area (Å²) in [6.45, 7) is 6.98. The number of rotatable bonds is 3. The van der Waals surface area contributed by atoms with E-state index < -0.39 is 0 Å². The highest BCUT2D eigenvalue weighted by molar-refractivity contribution is 6.04. The summed E-state index contributed by atoms with van der Waals surface area (Å²) in [6, 6.07) is 20.1. The Morgan fingerprint density at radius 1 is 0.939 bits per heavy atom. The molecule has 0 radical (unpaired) electrons. The molecule has 3 aromatic carbocycles. The molecule has 2 aliphatic rings. The number of ether oxygens (including phenoxy) is 1. The SMILES string of the molecule is CCC1(CC)CCC(c2cccc3c2cc2c([n+]3C)-c3c(C)ccc4cccc(c34)O2)CC1. The van der Waals surface area contributed by atoms with E-state index in [0.29, 0.717) is 11.3 Å². The molecule has 168 valence electrons. The molecule has 0 atom stereocenters. The second-order valence-corrected chi connectivity index (χ2v) is 10.4. The Hall–Kier alpha value is -2.87. The van der Waals surface area contributed by atoms with Gasteiger partial charge in [-0.2, -0.15) is 4.57 Å². The molecule has 1 fully saturated rings. The van der Waals surface area contributed by atoms with Crippen molar-refractivity contribution < 1.29 is 9.30 Å². The molecular weight excluding hydrogens is 402 g/mol. The maximum Gasteiger partial charge on any atom is 0.256 e. The van der Waals surface area contributed by atoms with E-state index in [1.165, 1.54) is 82.6 Å². The van der Waals surface area contributed by atoms with Crippen molar-refractivity contribution in [3.8, 4) is 22.8 Å². The van der Waals surface area contributed by atoms with Crippen LogP contribution in [0.2, 0.25) is 0 Å². The molecular formula is C31H34NO+. The number of aryl methyl sites for hydroxylation is 2. The van der Waals surface area contributed by atoms with Crippen molar-refractivity contribution in [2.75, 3.05) is 0 Å². The van der Waals surface area contributed by atoms with E-state index in [1.54, 1.807) is 0 Å². The Labute approximate surface area is 197 Å². The highest BCUT2D eigenvalue weighted by Gasteiger charge is 2.35. The van der Waals surface area contributed by atoms with E-state index >= 15 is 0 Å². The number of pyridine rings is 1. The minimum atomic E-state index is 0.563. The smallest absolute Gasteiger partial charge is 0.256 e. The number of fused-ring (bicyclic) bond motifs is 3. The lowest BCUT2D eigenvalue weighted by Gasteiger charge is -2.39. The third-order valence-corrected chi connectivity index (χ3v) is 8.98. The molecule has 0 N–H and O–H groups in total. The quantitative estimate of drug-likeness (QED) is 0.259. The lowest BCUT2D eigenvalue weighted by Crippen LogP contribution is -2.34. The van der Waals surface area contributed by atoms with Gasteiger partial charge in [0.25, 0.3) is 5.69 Å². The van der Waals surface area contributed by atoms with Crippen molar-refractivity contribution in [1.82, 2.24) is 0 Å². The zero-order chi connectivity index (χ0) is 22.7. The van der Waals surface area contributed by atoms with Gasteiger partial charge in [0.1, 0.15) is 12.8 Å². The molecule has 1 saturated carbocycles. The molecule has 0 unspecified atom stereocenters. The van der Waals surface area contributed by atoms with Gasteiger partial charge in [-0.05, 0) is 66.5 Å². The highest BCUT2D eigenvalue weighted by Crippen LogP contribution is 2.50. The van der Waals surface area contributed by atoms with Gasteiger partial charge in [-0.3, -0.25) is 0 Å². The first-order valence-electron chi connectivity index (χ1n) is 12.7. The summed E-state index contributed by atoms with van der Waals surface area (Å²) in [5, 5.41) is 3.83. The van der Waals surface area contributed by atoms with E-state index in [1.807, 2.05) is 0 Å². The summed E-state index contributed by atoms with van der Waals surface area (Å²) in [5.74, 6) is 2.60. The third-order valence-electron chi connectivity index (χ3n) is 8.98. The minimum Gasteiger partial charge on any atom is -0.450 e. The van der Waals surface area contributed by atoms with Crippen LogP contribution in [-0.4, -0.2) is 0 Å². The molecule has 4 aromatic rings. The summed E-state index contributed by atoms with van der Waals surface area (Å²) in [5.41, 5.74) is 7.17. The summed E-state index contributed by atoms with van der Waals surface area (Å²) in [6.07, 6.45) is 7.92. The Kier molecular flexibility index (Phi) is 4.76. The number of nitrogens with zero attached hydrogens (tertiary/aromatic N) is 1. The Morgan fingerprint density at radius 3 is 2.45 bits per heavy atom. The van der Waals surface area contributed by atoms with Crippen LogP contribution >= 0.6 is 0 Å². The zero-order valence-electron chi connectivity index (χ0n) is 20.4. The predicted molar refractivity (Wildman–Crippen MR) is 137 cm³/mol. The van der Waals surface area contributed by atoms with Crippen LogP contribution in [0.25, 0.3) is 32.9 Å². The van der Waals surface area contributed by atoms with Gasteiger partial charge in [0, 0.05) is 17.5 Å². The zero-order valence-corrected chi connectivity index (χ0v) is 20.4. The highest BCUT2D eigenvalue weighted by atomic mass is 16.5. The van der Waals surface area contributed by atoms with Crippen LogP contribution in [0, 0.1) is 12.3 Å². The summed E-state index contributed by atoms with van der Waals surface area (Å²) >= 11 is 0. The predicted octanol–water partition coefficient (Wildman–Crippen LogP) is 8.36. The van der Waals surface area contributed by atoms with Crippen LogP contribution in [0.15, 0.2) is 54.6 Å². The van der Waals surface area contributed by atoms with Gasteiger partial charge in [-0.1, -0.05) is 63.1 Å². The molecule has 2 heteroatoms. The number of hydrogen-bond donors (Lipinski definition) is 0. The first kappa shape index (κ1) is 20.7. The van der Waals surface area contributed by atoms with Crippen molar-refractivity contribution in [2.24, 2.45) is 12.5 Å². The van der Waals surface area contributed by atoms with Crippen molar-refractivity contribution in [2.45, 2.75) is 65.2 Å². The fourth-order valence-electron chi connectivity index (χ4n) is 6.69. The van der Waals surface area contributed by atoms with Crippen molar-refractivity contribution >= 4 is 21.7 Å². The number of aromatic nitrogens is 1. The van der Waals surface area contributed by atoms with E-state index in [4.69, 9.17) is 4.74 Å². The van der Waals surface area contributed by atoms with Crippen LogP contribution in [0.4, 0.5) is 0 Å². The second kappa shape index (κ2) is 7.58. The monoisotopic (exact) mass is 436 g/mol. The molecule has 0 bridgehead atoms. The van der Waals surface area contributed by atoms with Crippen LogP contribution < -0.4 is 9.30 Å². The normalized spacial score (nSPS) is 17.2. The molecule has 1 aliphatic heterocycles. The van der Waals surface area contributed by atoms with Crippen LogP contribution in [0.1, 0.15) is 69.4 Å². The fraction of sp³-hybridized carbons (Fsp3) is 0.387. The molecule has 0 amide bonds. The number of benzene rings is 3. The van der Waals surface area contributed by atoms with Crippen molar-refractivity contribution in [3.05, 3.63) is 65.7 Å². The molecule has 1 aromatic heterocycles. The Bertz CT molecular complexity index is 1390. The molecule has 1 aliphatic carbocycles. The fourth-order valence-corrected chi connectivity index (χ4v) is 6.69. The standard InChI is InChI=1S/C31H34NO/c1-5-31(6-2)17-15-21(16-18-31)23-10-8-11-25-24(23)19-27-30(32(25)4)28-20(3)13-14-22-9-7-12-26(33-27)29(22)28/h7-14,19,21H,5-6,15-18H2,1-4H3/q+1. The average molecular weight is 437 g/mol. The van der Waals surface area contributed by atoms with E-state index in [2.05, 4.69) is 87.0 Å². The van der Waals surface area contributed by atoms with Crippen LogP contribution in [0.3, 0.4) is 0 Å². The largest absolute Gasteiger partial charge is 0.450 e.